The second-order valence-corrected chi connectivity index (χ2v) is 6.54. The number of hydrogen-bond acceptors (Lipinski definition) is 4. The van der Waals surface area contributed by atoms with Crippen LogP contribution < -0.4 is 10.6 Å². The van der Waals surface area contributed by atoms with Gasteiger partial charge in [0.2, 0.25) is 0 Å². The van der Waals surface area contributed by atoms with E-state index in [0.29, 0.717) is 22.7 Å². The molecule has 4 N–H and O–H groups in total. The molecule has 0 heterocycles. The molecule has 0 amide bonds. The molecule has 28 heavy (non-hydrogen) atoms. The van der Waals surface area contributed by atoms with Gasteiger partial charge in [-0.25, -0.2) is 9.59 Å². The van der Waals surface area contributed by atoms with Gasteiger partial charge in [-0.15, -0.1) is 0 Å². The average molecular weight is 376 g/mol. The molecule has 3 aromatic rings. The minimum Gasteiger partial charge on any atom is -0.478 e. The Morgan fingerprint density at radius 1 is 0.679 bits per heavy atom. The van der Waals surface area contributed by atoms with Gasteiger partial charge in [-0.3, -0.25) is 0 Å². The van der Waals surface area contributed by atoms with E-state index in [2.05, 4.69) is 10.6 Å². The first kappa shape index (κ1) is 19.0. The van der Waals surface area contributed by atoms with Gasteiger partial charge in [0.25, 0.3) is 0 Å². The maximum atomic E-state index is 11.5. The quantitative estimate of drug-likeness (QED) is 0.473. The van der Waals surface area contributed by atoms with E-state index in [0.717, 1.165) is 11.1 Å². The molecule has 0 aromatic heterocycles. The molecule has 6 nitrogen and oxygen atoms in total. The average Bonchev–Trinajstić information content (AvgIpc) is 2.63. The number of hydrogen-bond donors (Lipinski definition) is 4. The normalized spacial score (nSPS) is 10.4. The molecule has 0 radical (unpaired) electrons. The van der Waals surface area contributed by atoms with Crippen molar-refractivity contribution >= 4 is 34.7 Å². The van der Waals surface area contributed by atoms with Crippen molar-refractivity contribution < 1.29 is 19.8 Å². The van der Waals surface area contributed by atoms with Gasteiger partial charge in [0.05, 0.1) is 22.5 Å². The highest BCUT2D eigenvalue weighted by Gasteiger charge is 2.12. The molecule has 3 rings (SSSR count). The number of aromatic carboxylic acids is 2. The van der Waals surface area contributed by atoms with Crippen molar-refractivity contribution in [1.29, 1.82) is 0 Å². The van der Waals surface area contributed by atoms with Gasteiger partial charge in [-0.05, 0) is 61.9 Å². The first-order valence-corrected chi connectivity index (χ1v) is 8.65. The molecule has 0 spiro atoms. The van der Waals surface area contributed by atoms with Gasteiger partial charge in [0.1, 0.15) is 0 Å². The second-order valence-electron chi connectivity index (χ2n) is 6.54. The topological polar surface area (TPSA) is 98.7 Å². The predicted octanol–water partition coefficient (Wildman–Crippen LogP) is 5.19. The Morgan fingerprint density at radius 3 is 1.86 bits per heavy atom. The Balaban J connectivity index is 1.93. The van der Waals surface area contributed by atoms with Crippen molar-refractivity contribution in [3.63, 3.8) is 0 Å². The van der Waals surface area contributed by atoms with E-state index in [4.69, 9.17) is 0 Å². The molecule has 0 aliphatic heterocycles. The molecule has 0 unspecified atom stereocenters. The fraction of sp³-hybridized carbons (Fsp3) is 0.0909. The summed E-state index contributed by atoms with van der Waals surface area (Å²) < 4.78 is 0. The summed E-state index contributed by atoms with van der Waals surface area (Å²) in [7, 11) is 0. The molecule has 0 atom stereocenters. The predicted molar refractivity (Wildman–Crippen MR) is 109 cm³/mol. The molecule has 0 saturated heterocycles. The third-order valence-corrected chi connectivity index (χ3v) is 4.20. The van der Waals surface area contributed by atoms with Crippen molar-refractivity contribution in [2.75, 3.05) is 10.6 Å². The van der Waals surface area contributed by atoms with Gasteiger partial charge in [0.15, 0.2) is 0 Å². The highest BCUT2D eigenvalue weighted by molar-refractivity contribution is 5.96. The fourth-order valence-electron chi connectivity index (χ4n) is 2.96. The lowest BCUT2D eigenvalue weighted by atomic mass is 10.1. The van der Waals surface area contributed by atoms with Gasteiger partial charge >= 0.3 is 11.9 Å². The fourth-order valence-corrected chi connectivity index (χ4v) is 2.96. The van der Waals surface area contributed by atoms with Crippen molar-refractivity contribution in [3.05, 3.63) is 82.9 Å². The zero-order chi connectivity index (χ0) is 20.3. The summed E-state index contributed by atoms with van der Waals surface area (Å²) in [5.74, 6) is -2.02. The zero-order valence-corrected chi connectivity index (χ0v) is 15.5. The third-order valence-electron chi connectivity index (χ3n) is 4.20. The number of carboxylic acids is 2. The van der Waals surface area contributed by atoms with Crippen molar-refractivity contribution in [3.8, 4) is 0 Å². The molecular formula is C22H20N2O4. The van der Waals surface area contributed by atoms with Crippen LogP contribution in [0.4, 0.5) is 22.7 Å². The van der Waals surface area contributed by atoms with E-state index in [1.807, 2.05) is 32.0 Å². The van der Waals surface area contributed by atoms with Gasteiger partial charge in [-0.1, -0.05) is 23.8 Å². The smallest absolute Gasteiger partial charge is 0.337 e. The Bertz CT molecular complexity index is 1060. The number of rotatable bonds is 6. The van der Waals surface area contributed by atoms with Crippen LogP contribution in [-0.2, 0) is 0 Å². The summed E-state index contributed by atoms with van der Waals surface area (Å²) in [6.07, 6.45) is 0. The Kier molecular flexibility index (Phi) is 5.31. The minimum absolute atomic E-state index is 0.171. The van der Waals surface area contributed by atoms with Crippen LogP contribution in [0.25, 0.3) is 0 Å². The summed E-state index contributed by atoms with van der Waals surface area (Å²) in [4.78, 5) is 22.9. The first-order chi connectivity index (χ1) is 13.3. The highest BCUT2D eigenvalue weighted by Crippen LogP contribution is 2.28. The Labute approximate surface area is 162 Å². The van der Waals surface area contributed by atoms with E-state index in [1.165, 1.54) is 6.07 Å². The summed E-state index contributed by atoms with van der Waals surface area (Å²) in [6.45, 7) is 3.75. The lowest BCUT2D eigenvalue weighted by molar-refractivity contribution is 0.0687. The number of anilines is 4. The monoisotopic (exact) mass is 376 g/mol. The van der Waals surface area contributed by atoms with Gasteiger partial charge < -0.3 is 20.8 Å². The first-order valence-electron chi connectivity index (χ1n) is 8.65. The number of carboxylic acid groups (broad SMARTS) is 2. The van der Waals surface area contributed by atoms with E-state index in [1.54, 1.807) is 36.4 Å². The number of aryl methyl sites for hydroxylation is 2. The number of nitrogens with one attached hydrogen (secondary N) is 2. The molecule has 6 heteroatoms. The Morgan fingerprint density at radius 2 is 1.25 bits per heavy atom. The number of benzene rings is 3. The number of para-hydroxylation sites is 1. The van der Waals surface area contributed by atoms with E-state index >= 15 is 0 Å². The van der Waals surface area contributed by atoms with Crippen LogP contribution >= 0.6 is 0 Å². The lowest BCUT2D eigenvalue weighted by Gasteiger charge is -2.15. The molecule has 0 aliphatic carbocycles. The van der Waals surface area contributed by atoms with Crippen LogP contribution in [0.2, 0.25) is 0 Å². The van der Waals surface area contributed by atoms with Gasteiger partial charge in [-0.2, -0.15) is 0 Å². The summed E-state index contributed by atoms with van der Waals surface area (Å²) in [5, 5.41) is 25.1. The lowest BCUT2D eigenvalue weighted by Crippen LogP contribution is -2.04. The van der Waals surface area contributed by atoms with E-state index < -0.39 is 11.9 Å². The molecular weight excluding hydrogens is 356 g/mol. The van der Waals surface area contributed by atoms with E-state index in [9.17, 15) is 19.8 Å². The van der Waals surface area contributed by atoms with Crippen LogP contribution in [0.1, 0.15) is 31.8 Å². The van der Waals surface area contributed by atoms with Crippen molar-refractivity contribution in [2.45, 2.75) is 13.8 Å². The largest absolute Gasteiger partial charge is 0.478 e. The molecule has 0 aliphatic rings. The Hall–Kier alpha value is -3.80. The second kappa shape index (κ2) is 7.84. The van der Waals surface area contributed by atoms with Crippen LogP contribution in [0.5, 0.6) is 0 Å². The minimum atomic E-state index is -1.01. The van der Waals surface area contributed by atoms with Crippen molar-refractivity contribution in [1.82, 2.24) is 0 Å². The van der Waals surface area contributed by atoms with E-state index in [-0.39, 0.29) is 11.1 Å². The summed E-state index contributed by atoms with van der Waals surface area (Å²) in [5.41, 5.74) is 4.51. The maximum absolute atomic E-state index is 11.5. The summed E-state index contributed by atoms with van der Waals surface area (Å²) >= 11 is 0. The SMILES string of the molecule is Cc1cc(Nc2ccccc2C(=O)O)cc(Nc2ccc(C)cc2C(=O)O)c1. The standard InChI is InChI=1S/C22H20N2O4/c1-13-7-8-20(18(11-13)22(27)28)24-16-10-14(2)9-15(12-16)23-19-6-4-3-5-17(19)21(25)26/h3-12,23-24H,1-2H3,(H,25,26)(H,27,28). The van der Waals surface area contributed by atoms with Crippen LogP contribution in [0.15, 0.2) is 60.7 Å². The summed E-state index contributed by atoms with van der Waals surface area (Å²) in [6, 6.07) is 17.4. The van der Waals surface area contributed by atoms with Crippen LogP contribution in [0, 0.1) is 13.8 Å². The zero-order valence-electron chi connectivity index (χ0n) is 15.5. The molecule has 0 bridgehead atoms. The van der Waals surface area contributed by atoms with Crippen LogP contribution in [0.3, 0.4) is 0 Å². The van der Waals surface area contributed by atoms with Crippen molar-refractivity contribution in [2.24, 2.45) is 0 Å². The molecule has 0 fully saturated rings. The van der Waals surface area contributed by atoms with Crippen LogP contribution in [-0.4, -0.2) is 22.2 Å². The number of carbonyl (C=O) groups is 2. The maximum Gasteiger partial charge on any atom is 0.337 e. The molecule has 3 aromatic carbocycles. The highest BCUT2D eigenvalue weighted by atomic mass is 16.4. The molecule has 0 saturated carbocycles. The third kappa shape index (κ3) is 4.29. The van der Waals surface area contributed by atoms with Gasteiger partial charge in [0, 0.05) is 11.4 Å². The molecule has 142 valence electrons.